The molecular formula is C13H11BrF2OS. The van der Waals surface area contributed by atoms with E-state index in [1.807, 2.05) is 13.0 Å². The molecule has 0 aliphatic rings. The standard InChI is InChI=1S/C13H11BrF2OS/c1-7-9(14)6-12(18-7)11(17)5-8-3-2-4-10(15)13(8)16/h2-4,6,11,17H,5H2,1H3. The van der Waals surface area contributed by atoms with Gasteiger partial charge in [0.1, 0.15) is 0 Å². The van der Waals surface area contributed by atoms with Crippen LogP contribution in [-0.4, -0.2) is 5.11 Å². The molecule has 1 unspecified atom stereocenters. The highest BCUT2D eigenvalue weighted by atomic mass is 79.9. The molecule has 0 bridgehead atoms. The van der Waals surface area contributed by atoms with Gasteiger partial charge in [0.15, 0.2) is 11.6 Å². The highest BCUT2D eigenvalue weighted by Gasteiger charge is 2.16. The minimum absolute atomic E-state index is 0.0655. The number of rotatable bonds is 3. The molecule has 0 fully saturated rings. The molecule has 0 amide bonds. The van der Waals surface area contributed by atoms with E-state index in [0.29, 0.717) is 0 Å². The molecule has 2 rings (SSSR count). The van der Waals surface area contributed by atoms with E-state index in [9.17, 15) is 13.9 Å². The summed E-state index contributed by atoms with van der Waals surface area (Å²) in [5.41, 5.74) is 0.185. The second-order valence-electron chi connectivity index (χ2n) is 3.99. The molecule has 18 heavy (non-hydrogen) atoms. The van der Waals surface area contributed by atoms with Gasteiger partial charge in [0.05, 0.1) is 6.10 Å². The molecule has 1 aromatic heterocycles. The van der Waals surface area contributed by atoms with Gasteiger partial charge in [-0.15, -0.1) is 11.3 Å². The smallest absolute Gasteiger partial charge is 0.162 e. The number of aliphatic hydroxyl groups is 1. The second kappa shape index (κ2) is 5.47. The third-order valence-corrected chi connectivity index (χ3v) is 4.89. The Morgan fingerprint density at radius 1 is 1.39 bits per heavy atom. The van der Waals surface area contributed by atoms with Crippen LogP contribution in [0.1, 0.15) is 21.4 Å². The van der Waals surface area contributed by atoms with E-state index in [4.69, 9.17) is 0 Å². The number of halogens is 3. The van der Waals surface area contributed by atoms with E-state index < -0.39 is 17.7 Å². The van der Waals surface area contributed by atoms with Crippen LogP contribution in [0, 0.1) is 18.6 Å². The first-order valence-corrected chi connectivity index (χ1v) is 6.96. The predicted octanol–water partition coefficient (Wildman–Crippen LogP) is 4.37. The van der Waals surface area contributed by atoms with Crippen LogP contribution >= 0.6 is 27.3 Å². The molecule has 2 aromatic rings. The second-order valence-corrected chi connectivity index (χ2v) is 6.13. The summed E-state index contributed by atoms with van der Waals surface area (Å²) in [5.74, 6) is -1.77. The molecule has 1 N–H and O–H groups in total. The Morgan fingerprint density at radius 2 is 2.11 bits per heavy atom. The zero-order valence-electron chi connectivity index (χ0n) is 9.58. The zero-order chi connectivity index (χ0) is 13.3. The maximum absolute atomic E-state index is 13.5. The average Bonchev–Trinajstić information content (AvgIpc) is 2.66. The van der Waals surface area contributed by atoms with Gasteiger partial charge < -0.3 is 5.11 Å². The molecular weight excluding hydrogens is 322 g/mol. The number of thiophene rings is 1. The number of aryl methyl sites for hydroxylation is 1. The highest BCUT2D eigenvalue weighted by Crippen LogP contribution is 2.32. The molecule has 0 aliphatic carbocycles. The van der Waals surface area contributed by atoms with Crippen LogP contribution in [-0.2, 0) is 6.42 Å². The van der Waals surface area contributed by atoms with Gasteiger partial charge in [-0.25, -0.2) is 8.78 Å². The Bertz CT molecular complexity index is 549. The van der Waals surface area contributed by atoms with Gasteiger partial charge >= 0.3 is 0 Å². The van der Waals surface area contributed by atoms with Crippen molar-refractivity contribution < 1.29 is 13.9 Å². The summed E-state index contributed by atoms with van der Waals surface area (Å²) in [6.07, 6.45) is -0.757. The predicted molar refractivity (Wildman–Crippen MR) is 71.8 cm³/mol. The van der Waals surface area contributed by atoms with Gasteiger partial charge in [-0.2, -0.15) is 0 Å². The lowest BCUT2D eigenvalue weighted by molar-refractivity contribution is 0.180. The fraction of sp³-hybridized carbons (Fsp3) is 0.231. The molecule has 0 radical (unpaired) electrons. The van der Waals surface area contributed by atoms with Crippen LogP contribution in [0.3, 0.4) is 0 Å². The van der Waals surface area contributed by atoms with E-state index in [2.05, 4.69) is 15.9 Å². The molecule has 0 aliphatic heterocycles. The molecule has 5 heteroatoms. The first-order valence-electron chi connectivity index (χ1n) is 5.36. The summed E-state index contributed by atoms with van der Waals surface area (Å²) in [7, 11) is 0. The summed E-state index contributed by atoms with van der Waals surface area (Å²) in [5, 5.41) is 10.0. The quantitative estimate of drug-likeness (QED) is 0.884. The van der Waals surface area contributed by atoms with E-state index in [1.165, 1.54) is 23.5 Å². The summed E-state index contributed by atoms with van der Waals surface area (Å²) in [6.45, 7) is 1.92. The Balaban J connectivity index is 2.21. The molecule has 1 heterocycles. The van der Waals surface area contributed by atoms with Crippen LogP contribution in [0.2, 0.25) is 0 Å². The first-order chi connectivity index (χ1) is 8.49. The summed E-state index contributed by atoms with van der Waals surface area (Å²) < 4.78 is 27.4. The monoisotopic (exact) mass is 332 g/mol. The topological polar surface area (TPSA) is 20.2 Å². The number of aliphatic hydroxyl groups excluding tert-OH is 1. The van der Waals surface area contributed by atoms with Crippen molar-refractivity contribution in [2.75, 3.05) is 0 Å². The van der Waals surface area contributed by atoms with E-state index in [1.54, 1.807) is 0 Å². The zero-order valence-corrected chi connectivity index (χ0v) is 12.0. The van der Waals surface area contributed by atoms with Crippen molar-refractivity contribution in [3.8, 4) is 0 Å². The fourth-order valence-corrected chi connectivity index (χ4v) is 3.21. The lowest BCUT2D eigenvalue weighted by Crippen LogP contribution is -2.03. The SMILES string of the molecule is Cc1sc(C(O)Cc2cccc(F)c2F)cc1Br. The van der Waals surface area contributed by atoms with Crippen molar-refractivity contribution in [3.63, 3.8) is 0 Å². The van der Waals surface area contributed by atoms with Crippen molar-refractivity contribution in [2.45, 2.75) is 19.4 Å². The van der Waals surface area contributed by atoms with Gasteiger partial charge in [-0.3, -0.25) is 0 Å². The number of benzene rings is 1. The first kappa shape index (κ1) is 13.6. The van der Waals surface area contributed by atoms with E-state index in [-0.39, 0.29) is 12.0 Å². The van der Waals surface area contributed by atoms with Crippen molar-refractivity contribution >= 4 is 27.3 Å². The largest absolute Gasteiger partial charge is 0.387 e. The van der Waals surface area contributed by atoms with Crippen molar-refractivity contribution in [1.82, 2.24) is 0 Å². The van der Waals surface area contributed by atoms with E-state index >= 15 is 0 Å². The third-order valence-electron chi connectivity index (χ3n) is 2.65. The van der Waals surface area contributed by atoms with Gasteiger partial charge in [0.25, 0.3) is 0 Å². The number of hydrogen-bond acceptors (Lipinski definition) is 2. The molecule has 96 valence electrons. The van der Waals surface area contributed by atoms with Gasteiger partial charge in [0, 0.05) is 20.6 Å². The lowest BCUT2D eigenvalue weighted by Gasteiger charge is -2.09. The summed E-state index contributed by atoms with van der Waals surface area (Å²) >= 11 is 4.80. The molecule has 1 nitrogen and oxygen atoms in total. The number of hydrogen-bond donors (Lipinski definition) is 1. The maximum atomic E-state index is 13.5. The van der Waals surface area contributed by atoms with Gasteiger partial charge in [-0.1, -0.05) is 12.1 Å². The Morgan fingerprint density at radius 3 is 2.72 bits per heavy atom. The van der Waals surface area contributed by atoms with Crippen LogP contribution in [0.5, 0.6) is 0 Å². The van der Waals surface area contributed by atoms with Crippen LogP contribution in [0.15, 0.2) is 28.7 Å². The Labute approximate surface area is 116 Å². The minimum atomic E-state index is -0.886. The van der Waals surface area contributed by atoms with Crippen molar-refractivity contribution in [2.24, 2.45) is 0 Å². The van der Waals surface area contributed by atoms with Gasteiger partial charge in [0.2, 0.25) is 0 Å². The third kappa shape index (κ3) is 2.79. The summed E-state index contributed by atoms with van der Waals surface area (Å²) in [4.78, 5) is 1.78. The van der Waals surface area contributed by atoms with E-state index in [0.717, 1.165) is 20.3 Å². The molecule has 1 atom stereocenters. The molecule has 1 aromatic carbocycles. The maximum Gasteiger partial charge on any atom is 0.162 e. The van der Waals surface area contributed by atoms with Crippen LogP contribution < -0.4 is 0 Å². The molecule has 0 saturated carbocycles. The van der Waals surface area contributed by atoms with Crippen LogP contribution in [0.25, 0.3) is 0 Å². The lowest BCUT2D eigenvalue weighted by atomic mass is 10.1. The normalized spacial score (nSPS) is 12.7. The molecule has 0 spiro atoms. The minimum Gasteiger partial charge on any atom is -0.387 e. The Kier molecular flexibility index (Phi) is 4.14. The highest BCUT2D eigenvalue weighted by molar-refractivity contribution is 9.10. The van der Waals surface area contributed by atoms with Gasteiger partial charge in [-0.05, 0) is 40.5 Å². The average molecular weight is 333 g/mol. The fourth-order valence-electron chi connectivity index (χ4n) is 1.66. The van der Waals surface area contributed by atoms with Crippen molar-refractivity contribution in [3.05, 3.63) is 55.7 Å². The summed E-state index contributed by atoms with van der Waals surface area (Å²) in [6, 6.07) is 5.80. The Hall–Kier alpha value is -0.780. The van der Waals surface area contributed by atoms with Crippen molar-refractivity contribution in [1.29, 1.82) is 0 Å². The van der Waals surface area contributed by atoms with Crippen LogP contribution in [0.4, 0.5) is 8.78 Å². The molecule has 0 saturated heterocycles.